The van der Waals surface area contributed by atoms with Crippen molar-refractivity contribution in [2.75, 3.05) is 6.61 Å². The van der Waals surface area contributed by atoms with Crippen LogP contribution in [0.25, 0.3) is 0 Å². The lowest BCUT2D eigenvalue weighted by Crippen LogP contribution is -2.27. The van der Waals surface area contributed by atoms with Crippen molar-refractivity contribution in [3.63, 3.8) is 0 Å². The molecule has 0 aromatic carbocycles. The highest BCUT2D eigenvalue weighted by Gasteiger charge is 2.19. The summed E-state index contributed by atoms with van der Waals surface area (Å²) in [6.07, 6.45) is 0.345. The van der Waals surface area contributed by atoms with Crippen molar-refractivity contribution in [3.05, 3.63) is 12.2 Å². The lowest BCUT2D eigenvalue weighted by atomic mass is 10.4. The summed E-state index contributed by atoms with van der Waals surface area (Å²) >= 11 is 0. The van der Waals surface area contributed by atoms with Crippen LogP contribution in [-0.2, 0) is 9.53 Å². The molecule has 0 aliphatic heterocycles. The highest BCUT2D eigenvalue weighted by molar-refractivity contribution is 6.59. The summed E-state index contributed by atoms with van der Waals surface area (Å²) in [5.41, 5.74) is 0.366. The van der Waals surface area contributed by atoms with E-state index in [2.05, 4.69) is 6.58 Å². The zero-order valence-corrected chi connectivity index (χ0v) is 11.0. The number of carbonyl (C=O) groups excluding carboxylic acids is 1. The van der Waals surface area contributed by atoms with Crippen molar-refractivity contribution in [2.24, 2.45) is 0 Å². The molecule has 0 bridgehead atoms. The molecule has 0 aromatic rings. The van der Waals surface area contributed by atoms with E-state index in [9.17, 15) is 9.18 Å². The molecule has 0 aliphatic rings. The smallest absolute Gasteiger partial charge is 0.333 e. The normalized spacial score (nSPS) is 12.6. The Labute approximate surface area is 93.1 Å². The standard InChI is InChI=1S/C11H21FO2Si/c1-5-15(6-2)10(12)7-8-14-11(13)9(3)4/h10,15H,3,5-8H2,1-2,4H3. The molecule has 0 rings (SSSR count). The van der Waals surface area contributed by atoms with Gasteiger partial charge in [-0.25, -0.2) is 4.79 Å². The van der Waals surface area contributed by atoms with E-state index in [0.717, 1.165) is 12.1 Å². The number of hydrogen-bond donors (Lipinski definition) is 0. The van der Waals surface area contributed by atoms with Gasteiger partial charge in [-0.15, -0.1) is 0 Å². The average Bonchev–Trinajstić information content (AvgIpc) is 2.19. The van der Waals surface area contributed by atoms with Gasteiger partial charge in [0, 0.05) is 12.0 Å². The van der Waals surface area contributed by atoms with Crippen LogP contribution in [0.3, 0.4) is 0 Å². The predicted molar refractivity (Wildman–Crippen MR) is 63.4 cm³/mol. The third-order valence-corrected chi connectivity index (χ3v) is 5.99. The number of ether oxygens (including phenoxy) is 1. The first-order valence-electron chi connectivity index (χ1n) is 5.49. The second kappa shape index (κ2) is 7.62. The number of alkyl halides is 1. The van der Waals surface area contributed by atoms with Crippen LogP contribution in [0.15, 0.2) is 12.2 Å². The van der Waals surface area contributed by atoms with Crippen LogP contribution >= 0.6 is 0 Å². The maximum Gasteiger partial charge on any atom is 0.333 e. The van der Waals surface area contributed by atoms with Gasteiger partial charge in [-0.3, -0.25) is 4.39 Å². The minimum absolute atomic E-state index is 0.177. The maximum atomic E-state index is 13.6. The summed E-state index contributed by atoms with van der Waals surface area (Å²) in [7, 11) is -1.25. The van der Waals surface area contributed by atoms with E-state index >= 15 is 0 Å². The number of esters is 1. The van der Waals surface area contributed by atoms with E-state index in [1.807, 2.05) is 13.8 Å². The van der Waals surface area contributed by atoms with Crippen LogP contribution in [0.2, 0.25) is 12.1 Å². The Balaban J connectivity index is 3.76. The first-order chi connectivity index (χ1) is 7.02. The van der Waals surface area contributed by atoms with Gasteiger partial charge in [0.25, 0.3) is 0 Å². The van der Waals surface area contributed by atoms with Crippen molar-refractivity contribution >= 4 is 14.8 Å². The Morgan fingerprint density at radius 1 is 1.47 bits per heavy atom. The fourth-order valence-corrected chi connectivity index (χ4v) is 3.63. The van der Waals surface area contributed by atoms with Crippen molar-refractivity contribution in [2.45, 2.75) is 45.1 Å². The third-order valence-electron chi connectivity index (χ3n) is 2.54. The molecular weight excluding hydrogens is 211 g/mol. The molecule has 0 saturated carbocycles. The molecule has 0 N–H and O–H groups in total. The van der Waals surface area contributed by atoms with Crippen LogP contribution in [-0.4, -0.2) is 27.2 Å². The zero-order valence-electron chi connectivity index (χ0n) is 9.88. The Hall–Kier alpha value is -0.643. The molecule has 0 fully saturated rings. The summed E-state index contributed by atoms with van der Waals surface area (Å²) in [4.78, 5) is 11.0. The Kier molecular flexibility index (Phi) is 7.30. The van der Waals surface area contributed by atoms with Gasteiger partial charge in [0.05, 0.1) is 21.2 Å². The molecule has 0 radical (unpaired) electrons. The number of rotatable bonds is 7. The summed E-state index contributed by atoms with van der Waals surface area (Å²) < 4.78 is 18.4. The second-order valence-corrected chi connectivity index (χ2v) is 7.67. The average molecular weight is 232 g/mol. The molecule has 2 nitrogen and oxygen atoms in total. The summed E-state index contributed by atoms with van der Waals surface area (Å²) in [6.45, 7) is 9.29. The third kappa shape index (κ3) is 5.72. The Morgan fingerprint density at radius 3 is 2.40 bits per heavy atom. The lowest BCUT2D eigenvalue weighted by molar-refractivity contribution is -0.139. The van der Waals surface area contributed by atoms with E-state index in [1.165, 1.54) is 0 Å². The molecule has 15 heavy (non-hydrogen) atoms. The van der Waals surface area contributed by atoms with Gasteiger partial charge >= 0.3 is 5.97 Å². The van der Waals surface area contributed by atoms with E-state index < -0.39 is 20.6 Å². The molecule has 0 aromatic heterocycles. The van der Waals surface area contributed by atoms with Crippen molar-refractivity contribution in [1.29, 1.82) is 0 Å². The molecule has 0 heterocycles. The highest BCUT2D eigenvalue weighted by atomic mass is 28.3. The molecule has 88 valence electrons. The molecule has 0 saturated heterocycles. The highest BCUT2D eigenvalue weighted by Crippen LogP contribution is 2.11. The lowest BCUT2D eigenvalue weighted by Gasteiger charge is -2.15. The minimum Gasteiger partial charge on any atom is -0.462 e. The van der Waals surface area contributed by atoms with Crippen LogP contribution in [0, 0.1) is 0 Å². The van der Waals surface area contributed by atoms with Gasteiger partial charge in [-0.1, -0.05) is 32.5 Å². The first kappa shape index (κ1) is 14.4. The molecule has 0 spiro atoms. The van der Waals surface area contributed by atoms with Crippen LogP contribution in [0.5, 0.6) is 0 Å². The topological polar surface area (TPSA) is 26.3 Å². The van der Waals surface area contributed by atoms with Gasteiger partial charge in [-0.2, -0.15) is 0 Å². The van der Waals surface area contributed by atoms with Gasteiger partial charge in [0.1, 0.15) is 0 Å². The van der Waals surface area contributed by atoms with Crippen LogP contribution in [0.4, 0.5) is 4.39 Å². The van der Waals surface area contributed by atoms with Gasteiger partial charge in [0.2, 0.25) is 0 Å². The van der Waals surface area contributed by atoms with Crippen molar-refractivity contribution in [1.82, 2.24) is 0 Å². The van der Waals surface area contributed by atoms with E-state index in [4.69, 9.17) is 4.74 Å². The van der Waals surface area contributed by atoms with Crippen molar-refractivity contribution < 1.29 is 13.9 Å². The minimum atomic E-state index is -1.25. The number of hydrogen-bond acceptors (Lipinski definition) is 2. The van der Waals surface area contributed by atoms with E-state index in [-0.39, 0.29) is 6.61 Å². The molecule has 1 atom stereocenters. The monoisotopic (exact) mass is 232 g/mol. The molecule has 4 heteroatoms. The molecule has 1 unspecified atom stereocenters. The summed E-state index contributed by atoms with van der Waals surface area (Å²) in [5.74, 6) is -1.16. The van der Waals surface area contributed by atoms with Gasteiger partial charge < -0.3 is 4.74 Å². The Morgan fingerprint density at radius 2 is 2.00 bits per heavy atom. The van der Waals surface area contributed by atoms with Crippen LogP contribution < -0.4 is 0 Å². The fourth-order valence-electron chi connectivity index (χ4n) is 1.42. The summed E-state index contributed by atoms with van der Waals surface area (Å²) in [5, 5.41) is 0. The van der Waals surface area contributed by atoms with Gasteiger partial charge in [-0.05, 0) is 6.92 Å². The quantitative estimate of drug-likeness (QED) is 0.383. The van der Waals surface area contributed by atoms with Crippen LogP contribution in [0.1, 0.15) is 27.2 Å². The predicted octanol–water partition coefficient (Wildman–Crippen LogP) is 2.64. The zero-order chi connectivity index (χ0) is 11.8. The Bertz CT molecular complexity index is 215. The largest absolute Gasteiger partial charge is 0.462 e. The van der Waals surface area contributed by atoms with Gasteiger partial charge in [0.15, 0.2) is 0 Å². The fraction of sp³-hybridized carbons (Fsp3) is 0.727. The number of halogens is 1. The van der Waals surface area contributed by atoms with Crippen molar-refractivity contribution in [3.8, 4) is 0 Å². The second-order valence-electron chi connectivity index (χ2n) is 3.80. The molecule has 0 amide bonds. The van der Waals surface area contributed by atoms with E-state index in [1.54, 1.807) is 6.92 Å². The number of carbonyl (C=O) groups is 1. The maximum absolute atomic E-state index is 13.6. The molecule has 0 aliphatic carbocycles. The molecular formula is C11H21FO2Si. The van der Waals surface area contributed by atoms with E-state index in [0.29, 0.717) is 12.0 Å². The summed E-state index contributed by atoms with van der Waals surface area (Å²) in [6, 6.07) is 1.93. The SMILES string of the molecule is C=C(C)C(=O)OCCC(F)[SiH](CC)CC. The first-order valence-corrected chi connectivity index (χ1v) is 7.79.